The molecular weight excluding hydrogens is 644 g/mol. The quantitative estimate of drug-likeness (QED) is 0.287. The number of pyridine rings is 1. The van der Waals surface area contributed by atoms with E-state index in [9.17, 15) is 24.0 Å². The number of benzene rings is 2. The van der Waals surface area contributed by atoms with Crippen molar-refractivity contribution in [3.05, 3.63) is 70.0 Å². The standard InChI is InChI=1S/C36H36N6O8/c1-39-15-24(31-30(35(39)47)37-19-50-31)20-12-27(48-2)25(28(13-20)49-3)16-40-10-8-36(9-11-40)17-41(18-36)21-4-5-22-23(14-21)34(46)42(33(22)45)26-6-7-29(43)38-32(26)44/h4-5,12-15,19,26H,6-11,16-18H2,1-3H3,(H,38,43,44). The minimum Gasteiger partial charge on any atom is -0.496 e. The molecule has 3 fully saturated rings. The van der Waals surface area contributed by atoms with E-state index in [0.717, 1.165) is 60.7 Å². The summed E-state index contributed by atoms with van der Waals surface area (Å²) in [6.07, 6.45) is 5.21. The number of ether oxygens (including phenoxy) is 2. The van der Waals surface area contributed by atoms with Gasteiger partial charge in [0.05, 0.1) is 30.9 Å². The molecule has 50 heavy (non-hydrogen) atoms. The van der Waals surface area contributed by atoms with Crippen LogP contribution in [-0.4, -0.2) is 89.4 Å². The number of anilines is 1. The number of hydrogen-bond donors (Lipinski definition) is 1. The van der Waals surface area contributed by atoms with Gasteiger partial charge < -0.3 is 23.4 Å². The molecule has 2 aromatic carbocycles. The first kappa shape index (κ1) is 31.7. The highest BCUT2D eigenvalue weighted by molar-refractivity contribution is 6.23. The molecule has 258 valence electrons. The van der Waals surface area contributed by atoms with Crippen LogP contribution in [0.25, 0.3) is 22.2 Å². The normalized spacial score (nSPS) is 20.3. The minimum absolute atomic E-state index is 0.0848. The lowest BCUT2D eigenvalue weighted by Crippen LogP contribution is -2.60. The summed E-state index contributed by atoms with van der Waals surface area (Å²) in [6, 6.07) is 8.19. The first-order valence-electron chi connectivity index (χ1n) is 16.6. The third-order valence-electron chi connectivity index (χ3n) is 10.7. The Morgan fingerprint density at radius 3 is 2.32 bits per heavy atom. The van der Waals surface area contributed by atoms with Crippen LogP contribution in [0.3, 0.4) is 0 Å². The lowest BCUT2D eigenvalue weighted by Gasteiger charge is -2.55. The van der Waals surface area contributed by atoms with Crippen molar-refractivity contribution in [1.82, 2.24) is 24.7 Å². The maximum atomic E-state index is 13.3. The summed E-state index contributed by atoms with van der Waals surface area (Å²) in [6.45, 7) is 4.10. The number of methoxy groups -OCH3 is 2. The van der Waals surface area contributed by atoms with Crippen molar-refractivity contribution in [1.29, 1.82) is 0 Å². The first-order valence-corrected chi connectivity index (χ1v) is 16.6. The van der Waals surface area contributed by atoms with Gasteiger partial charge in [0.2, 0.25) is 11.8 Å². The van der Waals surface area contributed by atoms with Gasteiger partial charge in [-0.3, -0.25) is 39.1 Å². The Kier molecular flexibility index (Phi) is 7.51. The molecule has 4 aliphatic rings. The van der Waals surface area contributed by atoms with Crippen molar-refractivity contribution in [2.75, 3.05) is 45.3 Å². The van der Waals surface area contributed by atoms with Crippen LogP contribution < -0.4 is 25.2 Å². The van der Waals surface area contributed by atoms with Crippen molar-refractivity contribution in [3.8, 4) is 22.6 Å². The van der Waals surface area contributed by atoms with E-state index in [-0.39, 0.29) is 34.9 Å². The lowest BCUT2D eigenvalue weighted by molar-refractivity contribution is -0.136. The Labute approximate surface area is 286 Å². The number of oxazole rings is 1. The van der Waals surface area contributed by atoms with Crippen LogP contribution in [0.4, 0.5) is 5.69 Å². The number of imide groups is 2. The Bertz CT molecular complexity index is 2130. The van der Waals surface area contributed by atoms with Gasteiger partial charge in [-0.15, -0.1) is 0 Å². The van der Waals surface area contributed by atoms with Gasteiger partial charge in [-0.25, -0.2) is 4.98 Å². The van der Waals surface area contributed by atoms with Gasteiger partial charge in [-0.2, -0.15) is 0 Å². The molecule has 8 rings (SSSR count). The molecule has 0 radical (unpaired) electrons. The third kappa shape index (κ3) is 5.04. The zero-order valence-electron chi connectivity index (χ0n) is 28.0. The number of likely N-dealkylation sites (tertiary alicyclic amines) is 1. The number of carbonyl (C=O) groups excluding carboxylic acids is 4. The van der Waals surface area contributed by atoms with Gasteiger partial charge in [-0.05, 0) is 68.2 Å². The molecule has 3 saturated heterocycles. The average molecular weight is 681 g/mol. The van der Waals surface area contributed by atoms with Crippen LogP contribution in [-0.2, 0) is 23.2 Å². The number of aromatic nitrogens is 2. The number of nitrogens with one attached hydrogen (secondary N) is 1. The summed E-state index contributed by atoms with van der Waals surface area (Å²) in [7, 11) is 4.95. The van der Waals surface area contributed by atoms with Gasteiger partial charge in [0.15, 0.2) is 17.5 Å². The summed E-state index contributed by atoms with van der Waals surface area (Å²) in [5, 5.41) is 2.24. The summed E-state index contributed by atoms with van der Waals surface area (Å²) in [5.74, 6) is -0.654. The predicted octanol–water partition coefficient (Wildman–Crippen LogP) is 2.71. The van der Waals surface area contributed by atoms with Gasteiger partial charge >= 0.3 is 0 Å². The maximum absolute atomic E-state index is 13.3. The van der Waals surface area contributed by atoms with E-state index < -0.39 is 29.7 Å². The third-order valence-corrected chi connectivity index (χ3v) is 10.7. The Morgan fingerprint density at radius 1 is 0.940 bits per heavy atom. The van der Waals surface area contributed by atoms with E-state index in [1.165, 1.54) is 11.0 Å². The Morgan fingerprint density at radius 2 is 1.64 bits per heavy atom. The number of aryl methyl sites for hydroxylation is 1. The lowest BCUT2D eigenvalue weighted by atomic mass is 9.71. The van der Waals surface area contributed by atoms with Crippen molar-refractivity contribution >= 4 is 40.4 Å². The second kappa shape index (κ2) is 11.8. The highest BCUT2D eigenvalue weighted by Gasteiger charge is 2.47. The average Bonchev–Trinajstić information content (AvgIpc) is 3.69. The fourth-order valence-electron chi connectivity index (χ4n) is 7.90. The molecular formula is C36H36N6O8. The number of amides is 4. The fraction of sp³-hybridized carbons (Fsp3) is 0.389. The number of fused-ring (bicyclic) bond motifs is 2. The van der Waals surface area contributed by atoms with Crippen molar-refractivity contribution in [2.45, 2.75) is 38.3 Å². The van der Waals surface area contributed by atoms with E-state index in [1.54, 1.807) is 39.6 Å². The zero-order chi connectivity index (χ0) is 34.9. The van der Waals surface area contributed by atoms with E-state index in [0.29, 0.717) is 34.8 Å². The van der Waals surface area contributed by atoms with Crippen LogP contribution in [0.2, 0.25) is 0 Å². The highest BCUT2D eigenvalue weighted by Crippen LogP contribution is 2.45. The van der Waals surface area contributed by atoms with Crippen molar-refractivity contribution in [2.24, 2.45) is 12.5 Å². The molecule has 1 N–H and O–H groups in total. The molecule has 1 spiro atoms. The monoisotopic (exact) mass is 680 g/mol. The number of hydrogen-bond acceptors (Lipinski definition) is 11. The topological polar surface area (TPSA) is 157 Å². The summed E-state index contributed by atoms with van der Waals surface area (Å²) in [4.78, 5) is 72.8. The van der Waals surface area contributed by atoms with Crippen LogP contribution in [0, 0.1) is 5.41 Å². The molecule has 0 saturated carbocycles. The second-order valence-corrected chi connectivity index (χ2v) is 13.7. The molecule has 1 atom stereocenters. The SMILES string of the molecule is COc1cc(-c2cn(C)c(=O)c3ncoc23)cc(OC)c1CN1CCC2(CC1)CN(c1ccc3c(c1)C(=O)N(C1CCC(=O)NC1=O)C3=O)C2. The van der Waals surface area contributed by atoms with Crippen LogP contribution in [0.15, 0.2) is 52.1 Å². The number of rotatable bonds is 7. The molecule has 6 heterocycles. The van der Waals surface area contributed by atoms with Gasteiger partial charge in [0.1, 0.15) is 17.5 Å². The molecule has 1 unspecified atom stereocenters. The predicted molar refractivity (Wildman–Crippen MR) is 180 cm³/mol. The van der Waals surface area contributed by atoms with Gasteiger partial charge in [0.25, 0.3) is 17.4 Å². The van der Waals surface area contributed by atoms with E-state index >= 15 is 0 Å². The molecule has 0 bridgehead atoms. The van der Waals surface area contributed by atoms with Crippen LogP contribution in [0.1, 0.15) is 52.0 Å². The van der Waals surface area contributed by atoms with Crippen molar-refractivity contribution < 1.29 is 33.1 Å². The van der Waals surface area contributed by atoms with E-state index in [4.69, 9.17) is 13.9 Å². The van der Waals surface area contributed by atoms with Crippen molar-refractivity contribution in [3.63, 3.8) is 0 Å². The minimum atomic E-state index is -0.982. The molecule has 0 aliphatic carbocycles. The summed E-state index contributed by atoms with van der Waals surface area (Å²) < 4.78 is 18.8. The maximum Gasteiger partial charge on any atom is 0.280 e. The van der Waals surface area contributed by atoms with Crippen LogP contribution >= 0.6 is 0 Å². The summed E-state index contributed by atoms with van der Waals surface area (Å²) >= 11 is 0. The molecule has 14 nitrogen and oxygen atoms in total. The zero-order valence-corrected chi connectivity index (χ0v) is 28.0. The molecule has 14 heteroatoms. The smallest absolute Gasteiger partial charge is 0.280 e. The highest BCUT2D eigenvalue weighted by atomic mass is 16.5. The van der Waals surface area contributed by atoms with Gasteiger partial charge in [0, 0.05) is 56.0 Å². The van der Waals surface area contributed by atoms with E-state index in [1.807, 2.05) is 18.2 Å². The molecule has 4 aromatic rings. The number of nitrogens with zero attached hydrogens (tertiary/aromatic N) is 5. The van der Waals surface area contributed by atoms with Gasteiger partial charge in [-0.1, -0.05) is 0 Å². The molecule has 4 aliphatic heterocycles. The first-order chi connectivity index (χ1) is 24.1. The largest absolute Gasteiger partial charge is 0.496 e. The fourth-order valence-corrected chi connectivity index (χ4v) is 7.90. The molecule has 4 amide bonds. The number of carbonyl (C=O) groups is 4. The number of piperidine rings is 2. The summed E-state index contributed by atoms with van der Waals surface area (Å²) in [5.41, 5.74) is 4.48. The Hall–Kier alpha value is -5.50. The van der Waals surface area contributed by atoms with Crippen LogP contribution in [0.5, 0.6) is 11.5 Å². The van der Waals surface area contributed by atoms with E-state index in [2.05, 4.69) is 20.1 Å². The Balaban J connectivity index is 0.935. The second-order valence-electron chi connectivity index (χ2n) is 13.7. The molecule has 2 aromatic heterocycles.